The van der Waals surface area contributed by atoms with Crippen LogP contribution in [0.4, 0.5) is 0 Å². The lowest BCUT2D eigenvalue weighted by Gasteiger charge is -2.12. The number of carboxylic acids is 1. The molecule has 0 aliphatic heterocycles. The maximum absolute atomic E-state index is 12.1. The van der Waals surface area contributed by atoms with Gasteiger partial charge in [-0.15, -0.1) is 0 Å². The Morgan fingerprint density at radius 3 is 2.48 bits per heavy atom. The highest BCUT2D eigenvalue weighted by molar-refractivity contribution is 5.96. The number of carboxylic acid groups (broad SMARTS) is 1. The normalized spacial score (nSPS) is 11.9. The van der Waals surface area contributed by atoms with E-state index in [0.717, 1.165) is 5.56 Å². The van der Waals surface area contributed by atoms with Crippen molar-refractivity contribution in [2.45, 2.75) is 26.3 Å². The number of carbonyl (C=O) groups excluding carboxylic acids is 1. The summed E-state index contributed by atoms with van der Waals surface area (Å²) >= 11 is 0. The molecule has 1 aromatic carbocycles. The van der Waals surface area contributed by atoms with Crippen LogP contribution in [0, 0.1) is 0 Å². The number of hydrogen-bond donors (Lipinski definition) is 2. The van der Waals surface area contributed by atoms with Gasteiger partial charge in [0.1, 0.15) is 11.3 Å². The average Bonchev–Trinajstić information content (AvgIpc) is 2.92. The van der Waals surface area contributed by atoms with E-state index in [2.05, 4.69) is 5.32 Å². The minimum Gasteiger partial charge on any atom is -0.478 e. The van der Waals surface area contributed by atoms with Crippen molar-refractivity contribution in [2.75, 3.05) is 0 Å². The Morgan fingerprint density at radius 1 is 1.29 bits per heavy atom. The molecular formula is C16H17NO4. The van der Waals surface area contributed by atoms with Crippen molar-refractivity contribution < 1.29 is 19.1 Å². The van der Waals surface area contributed by atoms with Crippen molar-refractivity contribution >= 4 is 11.9 Å². The molecular weight excluding hydrogens is 270 g/mol. The molecule has 1 heterocycles. The summed E-state index contributed by atoms with van der Waals surface area (Å²) in [5.41, 5.74) is 1.00. The summed E-state index contributed by atoms with van der Waals surface area (Å²) in [5.74, 6) is -1.19. The fourth-order valence-corrected chi connectivity index (χ4v) is 2.08. The number of aryl methyl sites for hydroxylation is 1. The molecule has 1 aromatic heterocycles. The number of rotatable bonds is 5. The van der Waals surface area contributed by atoms with Crippen LogP contribution in [0.1, 0.15) is 52.1 Å². The van der Waals surface area contributed by atoms with E-state index in [1.165, 1.54) is 6.07 Å². The van der Waals surface area contributed by atoms with Crippen LogP contribution in [0.2, 0.25) is 0 Å². The van der Waals surface area contributed by atoms with Gasteiger partial charge in [-0.1, -0.05) is 37.3 Å². The molecule has 0 saturated carbocycles. The van der Waals surface area contributed by atoms with Gasteiger partial charge >= 0.3 is 5.97 Å². The molecule has 0 fully saturated rings. The molecule has 2 aromatic rings. The Bertz CT molecular complexity index is 646. The Morgan fingerprint density at radius 2 is 1.95 bits per heavy atom. The monoisotopic (exact) mass is 287 g/mol. The van der Waals surface area contributed by atoms with Crippen LogP contribution in [0.3, 0.4) is 0 Å². The number of hydrogen-bond acceptors (Lipinski definition) is 3. The van der Waals surface area contributed by atoms with Gasteiger partial charge in [0.15, 0.2) is 5.76 Å². The molecule has 2 N–H and O–H groups in total. The van der Waals surface area contributed by atoms with Crippen LogP contribution in [0.25, 0.3) is 0 Å². The Kier molecular flexibility index (Phi) is 4.42. The standard InChI is InChI=1S/C16H17NO4/c1-3-13-12(16(19)20)9-14(21-13)15(18)17-10(2)11-7-5-4-6-8-11/h4-10H,3H2,1-2H3,(H,17,18)(H,19,20). The van der Waals surface area contributed by atoms with E-state index in [1.54, 1.807) is 6.92 Å². The molecule has 1 amide bonds. The van der Waals surface area contributed by atoms with Gasteiger partial charge in [0.05, 0.1) is 6.04 Å². The quantitative estimate of drug-likeness (QED) is 0.885. The maximum atomic E-state index is 12.1. The van der Waals surface area contributed by atoms with E-state index in [1.807, 2.05) is 37.3 Å². The van der Waals surface area contributed by atoms with E-state index in [9.17, 15) is 9.59 Å². The van der Waals surface area contributed by atoms with Gasteiger partial charge in [0.2, 0.25) is 0 Å². The smallest absolute Gasteiger partial charge is 0.339 e. The van der Waals surface area contributed by atoms with Crippen LogP contribution in [-0.2, 0) is 6.42 Å². The van der Waals surface area contributed by atoms with E-state index >= 15 is 0 Å². The largest absolute Gasteiger partial charge is 0.478 e. The molecule has 0 aliphatic carbocycles. The highest BCUT2D eigenvalue weighted by atomic mass is 16.4. The summed E-state index contributed by atoms with van der Waals surface area (Å²) < 4.78 is 5.33. The number of aromatic carboxylic acids is 1. The Balaban J connectivity index is 2.15. The predicted octanol–water partition coefficient (Wildman–Crippen LogP) is 3.03. The van der Waals surface area contributed by atoms with Gasteiger partial charge < -0.3 is 14.8 Å². The molecule has 2 rings (SSSR count). The number of nitrogens with one attached hydrogen (secondary N) is 1. The SMILES string of the molecule is CCc1oc(C(=O)NC(C)c2ccccc2)cc1C(=O)O. The third kappa shape index (κ3) is 3.31. The summed E-state index contributed by atoms with van der Waals surface area (Å²) in [6, 6.07) is 10.6. The van der Waals surface area contributed by atoms with Crippen LogP contribution < -0.4 is 5.32 Å². The molecule has 0 aliphatic rings. The lowest BCUT2D eigenvalue weighted by molar-refractivity contribution is 0.0694. The predicted molar refractivity (Wildman–Crippen MR) is 77.4 cm³/mol. The van der Waals surface area contributed by atoms with E-state index in [0.29, 0.717) is 12.2 Å². The topological polar surface area (TPSA) is 79.5 Å². The second-order valence-electron chi connectivity index (χ2n) is 4.71. The van der Waals surface area contributed by atoms with Gasteiger partial charge in [-0.05, 0) is 12.5 Å². The van der Waals surface area contributed by atoms with Crippen LogP contribution >= 0.6 is 0 Å². The first-order valence-corrected chi connectivity index (χ1v) is 6.74. The number of amides is 1. The molecule has 5 heteroatoms. The first-order valence-electron chi connectivity index (χ1n) is 6.74. The molecule has 0 bridgehead atoms. The first-order chi connectivity index (χ1) is 10.0. The number of carbonyl (C=O) groups is 2. The summed E-state index contributed by atoms with van der Waals surface area (Å²) in [7, 11) is 0. The molecule has 1 atom stereocenters. The van der Waals surface area contributed by atoms with Crippen molar-refractivity contribution in [2.24, 2.45) is 0 Å². The van der Waals surface area contributed by atoms with E-state index in [-0.39, 0.29) is 17.4 Å². The van der Waals surface area contributed by atoms with Gasteiger partial charge in [-0.3, -0.25) is 4.79 Å². The van der Waals surface area contributed by atoms with Crippen LogP contribution in [-0.4, -0.2) is 17.0 Å². The van der Waals surface area contributed by atoms with E-state index in [4.69, 9.17) is 9.52 Å². The zero-order valence-electron chi connectivity index (χ0n) is 11.9. The zero-order chi connectivity index (χ0) is 15.4. The summed E-state index contributed by atoms with van der Waals surface area (Å²) in [5, 5.41) is 11.9. The van der Waals surface area contributed by atoms with Gasteiger partial charge in [0.25, 0.3) is 5.91 Å². The molecule has 110 valence electrons. The lowest BCUT2D eigenvalue weighted by atomic mass is 10.1. The van der Waals surface area contributed by atoms with Crippen LogP contribution in [0.5, 0.6) is 0 Å². The van der Waals surface area contributed by atoms with Crippen molar-refractivity contribution in [3.05, 3.63) is 59.0 Å². The minimum atomic E-state index is -1.09. The zero-order valence-corrected chi connectivity index (χ0v) is 11.9. The second kappa shape index (κ2) is 6.26. The fourth-order valence-electron chi connectivity index (χ4n) is 2.08. The lowest BCUT2D eigenvalue weighted by Crippen LogP contribution is -2.26. The second-order valence-corrected chi connectivity index (χ2v) is 4.71. The molecule has 5 nitrogen and oxygen atoms in total. The van der Waals surface area contributed by atoms with Gasteiger partial charge in [0, 0.05) is 12.5 Å². The third-order valence-electron chi connectivity index (χ3n) is 3.23. The summed E-state index contributed by atoms with van der Waals surface area (Å²) in [4.78, 5) is 23.2. The van der Waals surface area contributed by atoms with Crippen molar-refractivity contribution in [1.82, 2.24) is 5.32 Å². The summed E-state index contributed by atoms with van der Waals surface area (Å²) in [6.07, 6.45) is 0.420. The number of furan rings is 1. The molecule has 1 unspecified atom stereocenters. The first kappa shape index (κ1) is 14.8. The van der Waals surface area contributed by atoms with Crippen molar-refractivity contribution in [3.8, 4) is 0 Å². The highest BCUT2D eigenvalue weighted by Gasteiger charge is 2.21. The van der Waals surface area contributed by atoms with Crippen LogP contribution in [0.15, 0.2) is 40.8 Å². The van der Waals surface area contributed by atoms with Crippen molar-refractivity contribution in [3.63, 3.8) is 0 Å². The molecule has 21 heavy (non-hydrogen) atoms. The Hall–Kier alpha value is -2.56. The van der Waals surface area contributed by atoms with Gasteiger partial charge in [-0.2, -0.15) is 0 Å². The van der Waals surface area contributed by atoms with Crippen molar-refractivity contribution in [1.29, 1.82) is 0 Å². The van der Waals surface area contributed by atoms with E-state index < -0.39 is 11.9 Å². The third-order valence-corrected chi connectivity index (χ3v) is 3.23. The Labute approximate surface area is 122 Å². The molecule has 0 radical (unpaired) electrons. The fraction of sp³-hybridized carbons (Fsp3) is 0.250. The minimum absolute atomic E-state index is 0.0204. The van der Waals surface area contributed by atoms with Gasteiger partial charge in [-0.25, -0.2) is 4.79 Å². The number of benzene rings is 1. The average molecular weight is 287 g/mol. The molecule has 0 saturated heterocycles. The highest BCUT2D eigenvalue weighted by Crippen LogP contribution is 2.18. The summed E-state index contributed by atoms with van der Waals surface area (Å²) in [6.45, 7) is 3.63. The maximum Gasteiger partial charge on any atom is 0.339 e. The molecule has 0 spiro atoms.